The maximum Gasteiger partial charge on any atom is 0.410 e. The van der Waals surface area contributed by atoms with Gasteiger partial charge < -0.3 is 29.5 Å². The number of pyridine rings is 1. The number of phenols is 1. The topological polar surface area (TPSA) is 130 Å². The molecule has 246 valence electrons. The van der Waals surface area contributed by atoms with Gasteiger partial charge in [0.05, 0.1) is 35.0 Å². The summed E-state index contributed by atoms with van der Waals surface area (Å²) in [6.45, 7) is 6.27. The molecule has 11 heteroatoms. The van der Waals surface area contributed by atoms with E-state index in [1.54, 1.807) is 60.7 Å². The van der Waals surface area contributed by atoms with Crippen LogP contribution in [0.25, 0.3) is 34.4 Å². The number of aromatic hydroxyl groups is 1. The van der Waals surface area contributed by atoms with Crippen LogP contribution < -0.4 is 0 Å². The molecule has 47 heavy (non-hydrogen) atoms. The number of rotatable bonds is 6. The fourth-order valence-electron chi connectivity index (χ4n) is 6.01. The zero-order valence-electron chi connectivity index (χ0n) is 27.0. The van der Waals surface area contributed by atoms with Gasteiger partial charge in [0.2, 0.25) is 0 Å². The fourth-order valence-corrected chi connectivity index (χ4v) is 6.01. The first-order valence-corrected chi connectivity index (χ1v) is 16.1. The van der Waals surface area contributed by atoms with Crippen molar-refractivity contribution in [3.8, 4) is 17.0 Å². The molecule has 0 saturated carbocycles. The number of aliphatic hydroxyl groups excluding tert-OH is 1. The van der Waals surface area contributed by atoms with Crippen molar-refractivity contribution in [3.63, 3.8) is 0 Å². The Kier molecular flexibility index (Phi) is 9.28. The summed E-state index contributed by atoms with van der Waals surface area (Å²) in [5.41, 5.74) is 3.00. The Morgan fingerprint density at radius 3 is 2.49 bits per heavy atom. The van der Waals surface area contributed by atoms with Gasteiger partial charge in [-0.15, -0.1) is 0 Å². The summed E-state index contributed by atoms with van der Waals surface area (Å²) in [5.74, 6) is -0.187. The molecule has 4 heterocycles. The monoisotopic (exact) mass is 639 g/mol. The molecule has 0 bridgehead atoms. The molecule has 2 N–H and O–H groups in total. The second kappa shape index (κ2) is 13.5. The predicted octanol–water partition coefficient (Wildman–Crippen LogP) is 5.73. The minimum Gasteiger partial charge on any atom is -0.508 e. The highest BCUT2D eigenvalue weighted by Crippen LogP contribution is 2.34. The smallest absolute Gasteiger partial charge is 0.410 e. The van der Waals surface area contributed by atoms with E-state index in [2.05, 4.69) is 0 Å². The van der Waals surface area contributed by atoms with Crippen LogP contribution in [0.4, 0.5) is 4.79 Å². The molecule has 2 aromatic heterocycles. The summed E-state index contributed by atoms with van der Waals surface area (Å²) < 4.78 is 13.5. The molecule has 2 aliphatic heterocycles. The molecule has 0 spiro atoms. The summed E-state index contributed by atoms with van der Waals surface area (Å²) in [6, 6.07) is 17.6. The molecule has 6 rings (SSSR count). The Morgan fingerprint density at radius 1 is 1.04 bits per heavy atom. The molecule has 2 aromatic carbocycles. The Balaban J connectivity index is 1.47. The number of fused-ring (bicyclic) bond motifs is 1. The van der Waals surface area contributed by atoms with Crippen LogP contribution in [0.2, 0.25) is 0 Å². The molecule has 2 saturated heterocycles. The van der Waals surface area contributed by atoms with Crippen molar-refractivity contribution in [2.45, 2.75) is 57.9 Å². The second-order valence-electron chi connectivity index (χ2n) is 13.0. The van der Waals surface area contributed by atoms with Crippen LogP contribution >= 0.6 is 0 Å². The highest BCUT2D eigenvalue weighted by molar-refractivity contribution is 6.09. The Bertz CT molecular complexity index is 1760. The molecule has 2 aliphatic rings. The maximum absolute atomic E-state index is 14.7. The van der Waals surface area contributed by atoms with Gasteiger partial charge in [-0.1, -0.05) is 36.4 Å². The minimum absolute atomic E-state index is 0.119. The quantitative estimate of drug-likeness (QED) is 0.274. The lowest BCUT2D eigenvalue weighted by Crippen LogP contribution is -2.58. The number of hydrogen-bond donors (Lipinski definition) is 2. The number of piperazine rings is 1. The summed E-state index contributed by atoms with van der Waals surface area (Å²) >= 11 is 0. The third-order valence-electron chi connectivity index (χ3n) is 8.35. The average molecular weight is 640 g/mol. The van der Waals surface area contributed by atoms with Crippen molar-refractivity contribution in [1.29, 1.82) is 0 Å². The zero-order chi connectivity index (χ0) is 33.1. The van der Waals surface area contributed by atoms with Crippen LogP contribution in [0.15, 0.2) is 60.7 Å². The predicted molar refractivity (Wildman–Crippen MR) is 179 cm³/mol. The van der Waals surface area contributed by atoms with E-state index >= 15 is 0 Å². The lowest BCUT2D eigenvalue weighted by molar-refractivity contribution is -0.0370. The summed E-state index contributed by atoms with van der Waals surface area (Å²) in [6.07, 6.45) is 5.71. The van der Waals surface area contributed by atoms with E-state index in [0.717, 1.165) is 24.8 Å². The normalized spacial score (nSPS) is 19.0. The van der Waals surface area contributed by atoms with Gasteiger partial charge in [0.1, 0.15) is 11.4 Å². The van der Waals surface area contributed by atoms with Crippen molar-refractivity contribution < 1.29 is 29.3 Å². The van der Waals surface area contributed by atoms with Crippen molar-refractivity contribution in [2.75, 3.05) is 32.8 Å². The number of amides is 2. The van der Waals surface area contributed by atoms with Gasteiger partial charge in [-0.3, -0.25) is 4.79 Å². The van der Waals surface area contributed by atoms with Gasteiger partial charge >= 0.3 is 6.09 Å². The fraction of sp³-hybridized carbons (Fsp3) is 0.389. The van der Waals surface area contributed by atoms with E-state index in [1.807, 2.05) is 42.5 Å². The maximum atomic E-state index is 14.7. The Hall–Kier alpha value is -4.74. The van der Waals surface area contributed by atoms with Crippen molar-refractivity contribution >= 4 is 35.2 Å². The van der Waals surface area contributed by atoms with Crippen LogP contribution in [0, 0.1) is 0 Å². The van der Waals surface area contributed by atoms with E-state index < -0.39 is 17.7 Å². The van der Waals surface area contributed by atoms with Gasteiger partial charge in [-0.05, 0) is 82.0 Å². The molecule has 0 aliphatic carbocycles. The second-order valence-corrected chi connectivity index (χ2v) is 13.0. The molecule has 1 unspecified atom stereocenters. The van der Waals surface area contributed by atoms with E-state index in [0.29, 0.717) is 40.2 Å². The molecule has 0 radical (unpaired) electrons. The number of aromatic nitrogens is 3. The number of benzene rings is 2. The highest BCUT2D eigenvalue weighted by Gasteiger charge is 2.36. The van der Waals surface area contributed by atoms with E-state index in [4.69, 9.17) is 19.6 Å². The molecule has 2 fully saturated rings. The first-order chi connectivity index (χ1) is 22.6. The lowest BCUT2D eigenvalue weighted by Gasteiger charge is -2.41. The SMILES string of the molecule is CC(C)(C)OC(=O)N1CCN(C(=O)c2cc(-c3ccc(O)cc3)nc3c2c(/C=C/c2ccccc2)nn3[C@H]2CCCCO2)C(CO)C1. The molecular weight excluding hydrogens is 598 g/mol. The van der Waals surface area contributed by atoms with E-state index in [1.165, 1.54) is 4.90 Å². The number of nitrogens with zero attached hydrogens (tertiary/aromatic N) is 5. The number of carbonyl (C=O) groups is 2. The number of aliphatic hydroxyl groups is 1. The summed E-state index contributed by atoms with van der Waals surface area (Å²) in [5, 5.41) is 26.0. The molecular formula is C36H41N5O6. The molecule has 2 amide bonds. The van der Waals surface area contributed by atoms with Gasteiger partial charge in [-0.25, -0.2) is 14.5 Å². The summed E-state index contributed by atoms with van der Waals surface area (Å²) in [4.78, 5) is 35.7. The van der Waals surface area contributed by atoms with Crippen LogP contribution in [0.3, 0.4) is 0 Å². The molecule has 2 atom stereocenters. The number of carbonyl (C=O) groups excluding carboxylic acids is 2. The van der Waals surface area contributed by atoms with Crippen molar-refractivity contribution in [1.82, 2.24) is 24.6 Å². The van der Waals surface area contributed by atoms with Gasteiger partial charge in [0.15, 0.2) is 11.9 Å². The first kappa shape index (κ1) is 32.2. The van der Waals surface area contributed by atoms with Crippen molar-refractivity contribution in [2.24, 2.45) is 0 Å². The van der Waals surface area contributed by atoms with Crippen LogP contribution in [0.5, 0.6) is 5.75 Å². The third kappa shape index (κ3) is 7.16. The minimum atomic E-state index is -0.669. The van der Waals surface area contributed by atoms with Gasteiger partial charge in [-0.2, -0.15) is 5.10 Å². The van der Waals surface area contributed by atoms with E-state index in [-0.39, 0.29) is 44.1 Å². The third-order valence-corrected chi connectivity index (χ3v) is 8.35. The number of ether oxygens (including phenoxy) is 2. The Morgan fingerprint density at radius 2 is 1.81 bits per heavy atom. The standard InChI is InChI=1S/C36H41N5O6/c1-36(2,3)47-35(45)39-18-19-40(26(22-39)23-42)34(44)28-21-30(25-13-15-27(43)16-14-25)37-33-32(28)29(17-12-24-9-5-4-6-10-24)38-41(33)31-11-7-8-20-46-31/h4-6,9-10,12-17,21,26,31,42-43H,7-8,11,18-20,22-23H2,1-3H3/b17-12+/t26?,31-/m1/s1. The zero-order valence-corrected chi connectivity index (χ0v) is 27.0. The van der Waals surface area contributed by atoms with Crippen LogP contribution in [-0.2, 0) is 9.47 Å². The summed E-state index contributed by atoms with van der Waals surface area (Å²) in [7, 11) is 0. The Labute approximate surface area is 274 Å². The highest BCUT2D eigenvalue weighted by atomic mass is 16.6. The van der Waals surface area contributed by atoms with Gasteiger partial charge in [0, 0.05) is 31.8 Å². The van der Waals surface area contributed by atoms with Gasteiger partial charge in [0.25, 0.3) is 5.91 Å². The largest absolute Gasteiger partial charge is 0.508 e. The van der Waals surface area contributed by atoms with E-state index in [9.17, 15) is 19.8 Å². The average Bonchev–Trinajstić information content (AvgIpc) is 3.45. The first-order valence-electron chi connectivity index (χ1n) is 16.1. The molecule has 11 nitrogen and oxygen atoms in total. The number of hydrogen-bond acceptors (Lipinski definition) is 8. The molecule has 4 aromatic rings. The van der Waals surface area contributed by atoms with Crippen LogP contribution in [-0.4, -0.2) is 91.3 Å². The van der Waals surface area contributed by atoms with Crippen molar-refractivity contribution in [3.05, 3.63) is 77.5 Å². The lowest BCUT2D eigenvalue weighted by atomic mass is 10.0. The number of phenolic OH excluding ortho intramolecular Hbond substituents is 1. The van der Waals surface area contributed by atoms with Crippen LogP contribution in [0.1, 0.15) is 67.9 Å².